The Morgan fingerprint density at radius 2 is 1.46 bits per heavy atom. The molecule has 10 heteroatoms. The minimum Gasteiger partial charge on any atom is -0.463 e. The van der Waals surface area contributed by atoms with Gasteiger partial charge in [0.05, 0.1) is 6.61 Å². The van der Waals surface area contributed by atoms with E-state index in [4.69, 9.17) is 28.4 Å². The number of ether oxygens (including phenoxy) is 6. The van der Waals surface area contributed by atoms with Crippen molar-refractivity contribution in [2.75, 3.05) is 19.8 Å². The van der Waals surface area contributed by atoms with Crippen LogP contribution in [0.5, 0.6) is 0 Å². The fraction of sp³-hybridized carbons (Fsp3) is 0.667. The zero-order valence-electron chi connectivity index (χ0n) is 16.4. The molecular formula is C18H26O10. The fourth-order valence-electron chi connectivity index (χ4n) is 2.47. The molecule has 28 heavy (non-hydrogen) atoms. The summed E-state index contributed by atoms with van der Waals surface area (Å²) >= 11 is 0. The predicted molar refractivity (Wildman–Crippen MR) is 92.7 cm³/mol. The molecule has 0 saturated carbocycles. The number of carbonyl (C=O) groups excluding carboxylic acids is 4. The second-order valence-corrected chi connectivity index (χ2v) is 5.97. The normalized spacial score (nSPS) is 24.4. The van der Waals surface area contributed by atoms with E-state index in [0.29, 0.717) is 0 Å². The molecule has 10 nitrogen and oxygen atoms in total. The monoisotopic (exact) mass is 402 g/mol. The van der Waals surface area contributed by atoms with Gasteiger partial charge in [0.1, 0.15) is 25.4 Å². The number of carbonyl (C=O) groups is 4. The molecular weight excluding hydrogens is 376 g/mol. The molecule has 0 aromatic rings. The average molecular weight is 402 g/mol. The third-order valence-corrected chi connectivity index (χ3v) is 3.48. The summed E-state index contributed by atoms with van der Waals surface area (Å²) in [5.74, 6) is -2.08. The molecule has 158 valence electrons. The number of hydrogen-bond donors (Lipinski definition) is 0. The highest BCUT2D eigenvalue weighted by Crippen LogP contribution is 2.27. The molecule has 1 rings (SSSR count). The maximum Gasteiger partial charge on any atom is 0.303 e. The van der Waals surface area contributed by atoms with Crippen LogP contribution < -0.4 is 0 Å². The Labute approximate surface area is 163 Å². The highest BCUT2D eigenvalue weighted by atomic mass is 16.7. The Bertz CT molecular complexity index is 585. The average Bonchev–Trinajstić information content (AvgIpc) is 2.57. The lowest BCUT2D eigenvalue weighted by Gasteiger charge is -2.39. The standard InChI is InChI=1S/C18H26O10/c1-11(19)23-7-5-6-8-24-17-9-15(26-13(3)21)18(27-14(4)22)16(28-17)10-25-12(2)20/h5-6,15-18H,7-10H2,1-4H3/b6-5-/t15-,16-,17?,18-/m1/s1. The molecule has 0 N–H and O–H groups in total. The lowest BCUT2D eigenvalue weighted by atomic mass is 10.0. The van der Waals surface area contributed by atoms with E-state index in [2.05, 4.69) is 0 Å². The molecule has 0 radical (unpaired) electrons. The quantitative estimate of drug-likeness (QED) is 0.309. The van der Waals surface area contributed by atoms with Crippen LogP contribution >= 0.6 is 0 Å². The fourth-order valence-corrected chi connectivity index (χ4v) is 2.47. The molecule has 1 aliphatic rings. The van der Waals surface area contributed by atoms with Crippen LogP contribution in [0.4, 0.5) is 0 Å². The third-order valence-electron chi connectivity index (χ3n) is 3.48. The molecule has 0 aliphatic carbocycles. The minimum absolute atomic E-state index is 0.115. The first-order chi connectivity index (χ1) is 13.2. The lowest BCUT2D eigenvalue weighted by molar-refractivity contribution is -0.263. The largest absolute Gasteiger partial charge is 0.463 e. The van der Waals surface area contributed by atoms with Crippen molar-refractivity contribution in [3.8, 4) is 0 Å². The van der Waals surface area contributed by atoms with Gasteiger partial charge in [0.2, 0.25) is 0 Å². The maximum absolute atomic E-state index is 11.4. The summed E-state index contributed by atoms with van der Waals surface area (Å²) in [5, 5.41) is 0. The lowest BCUT2D eigenvalue weighted by Crippen LogP contribution is -2.54. The Morgan fingerprint density at radius 1 is 0.857 bits per heavy atom. The topological polar surface area (TPSA) is 124 Å². The van der Waals surface area contributed by atoms with Gasteiger partial charge in [0.25, 0.3) is 0 Å². The van der Waals surface area contributed by atoms with Crippen molar-refractivity contribution in [3.63, 3.8) is 0 Å². The second-order valence-electron chi connectivity index (χ2n) is 5.97. The van der Waals surface area contributed by atoms with E-state index in [1.807, 2.05) is 0 Å². The Hall–Kier alpha value is -2.46. The molecule has 1 aliphatic heterocycles. The number of rotatable bonds is 9. The van der Waals surface area contributed by atoms with E-state index >= 15 is 0 Å². The Morgan fingerprint density at radius 3 is 2.04 bits per heavy atom. The van der Waals surface area contributed by atoms with Crippen molar-refractivity contribution in [1.29, 1.82) is 0 Å². The third kappa shape index (κ3) is 9.47. The highest BCUT2D eigenvalue weighted by Gasteiger charge is 2.44. The van der Waals surface area contributed by atoms with Crippen LogP contribution in [0.1, 0.15) is 34.1 Å². The number of esters is 4. The first-order valence-corrected chi connectivity index (χ1v) is 8.72. The first-order valence-electron chi connectivity index (χ1n) is 8.72. The van der Waals surface area contributed by atoms with Gasteiger partial charge in [-0.1, -0.05) is 6.08 Å². The molecule has 4 atom stereocenters. The molecule has 0 bridgehead atoms. The summed E-state index contributed by atoms with van der Waals surface area (Å²) < 4.78 is 31.5. The van der Waals surface area contributed by atoms with Crippen LogP contribution in [0, 0.1) is 0 Å². The van der Waals surface area contributed by atoms with Crippen molar-refractivity contribution in [2.45, 2.75) is 58.7 Å². The van der Waals surface area contributed by atoms with Gasteiger partial charge in [0.15, 0.2) is 12.4 Å². The zero-order valence-corrected chi connectivity index (χ0v) is 16.4. The van der Waals surface area contributed by atoms with Crippen LogP contribution in [0.25, 0.3) is 0 Å². The molecule has 0 spiro atoms. The minimum atomic E-state index is -0.944. The van der Waals surface area contributed by atoms with Crippen molar-refractivity contribution in [1.82, 2.24) is 0 Å². The summed E-state index contributed by atoms with van der Waals surface area (Å²) in [6, 6.07) is 0. The van der Waals surface area contributed by atoms with Crippen LogP contribution in [-0.4, -0.2) is 68.3 Å². The summed E-state index contributed by atoms with van der Waals surface area (Å²) in [6.45, 7) is 5.03. The summed E-state index contributed by atoms with van der Waals surface area (Å²) in [4.78, 5) is 44.7. The van der Waals surface area contributed by atoms with Crippen molar-refractivity contribution in [2.24, 2.45) is 0 Å². The smallest absolute Gasteiger partial charge is 0.303 e. The second kappa shape index (κ2) is 12.1. The predicted octanol–water partition coefficient (Wildman–Crippen LogP) is 0.664. The van der Waals surface area contributed by atoms with Gasteiger partial charge in [0, 0.05) is 34.1 Å². The SMILES string of the molecule is CC(=O)OC/C=C\COC1C[C@@H](OC(C)=O)[C@@H](OC(C)=O)[C@@H](COC(C)=O)O1. The summed E-state index contributed by atoms with van der Waals surface area (Å²) in [6.07, 6.45) is -0.0915. The molecule has 0 aromatic heterocycles. The molecule has 0 amide bonds. The van der Waals surface area contributed by atoms with Gasteiger partial charge >= 0.3 is 23.9 Å². The van der Waals surface area contributed by atoms with Crippen LogP contribution in [0.2, 0.25) is 0 Å². The Kier molecular flexibility index (Phi) is 10.2. The van der Waals surface area contributed by atoms with Gasteiger partial charge in [-0.05, 0) is 6.08 Å². The maximum atomic E-state index is 11.4. The van der Waals surface area contributed by atoms with Crippen molar-refractivity contribution < 1.29 is 47.6 Å². The van der Waals surface area contributed by atoms with E-state index in [1.165, 1.54) is 27.7 Å². The van der Waals surface area contributed by atoms with Crippen LogP contribution in [-0.2, 0) is 47.6 Å². The first kappa shape index (κ1) is 23.6. The van der Waals surface area contributed by atoms with Crippen molar-refractivity contribution >= 4 is 23.9 Å². The van der Waals surface area contributed by atoms with Gasteiger partial charge in [-0.2, -0.15) is 0 Å². The van der Waals surface area contributed by atoms with Gasteiger partial charge < -0.3 is 28.4 Å². The Balaban J connectivity index is 2.75. The molecule has 1 saturated heterocycles. The summed E-state index contributed by atoms with van der Waals surface area (Å²) in [7, 11) is 0. The molecule has 1 fully saturated rings. The van der Waals surface area contributed by atoms with Gasteiger partial charge in [-0.15, -0.1) is 0 Å². The van der Waals surface area contributed by atoms with Crippen molar-refractivity contribution in [3.05, 3.63) is 12.2 Å². The van der Waals surface area contributed by atoms with E-state index in [-0.39, 0.29) is 26.2 Å². The summed E-state index contributed by atoms with van der Waals surface area (Å²) in [5.41, 5.74) is 0. The van der Waals surface area contributed by atoms with Crippen LogP contribution in [0.15, 0.2) is 12.2 Å². The zero-order chi connectivity index (χ0) is 21.1. The van der Waals surface area contributed by atoms with Gasteiger partial charge in [-0.3, -0.25) is 19.2 Å². The van der Waals surface area contributed by atoms with E-state index < -0.39 is 48.5 Å². The van der Waals surface area contributed by atoms with E-state index in [1.54, 1.807) is 12.2 Å². The van der Waals surface area contributed by atoms with Gasteiger partial charge in [-0.25, -0.2) is 0 Å². The highest BCUT2D eigenvalue weighted by molar-refractivity contribution is 5.68. The molecule has 1 unspecified atom stereocenters. The number of hydrogen-bond acceptors (Lipinski definition) is 10. The molecule has 1 heterocycles. The van der Waals surface area contributed by atoms with E-state index in [0.717, 1.165) is 0 Å². The van der Waals surface area contributed by atoms with Crippen LogP contribution in [0.3, 0.4) is 0 Å². The molecule has 0 aromatic carbocycles. The van der Waals surface area contributed by atoms with E-state index in [9.17, 15) is 19.2 Å².